The molecular formula is C7H6FN2O2. The van der Waals surface area contributed by atoms with Crippen LogP contribution in [0.2, 0.25) is 0 Å². The number of rotatable bonds is 2. The molecule has 0 aromatic heterocycles. The van der Waals surface area contributed by atoms with Crippen LogP contribution in [0.15, 0.2) is 12.1 Å². The Bertz CT molecular complexity index is 314. The molecule has 0 unspecified atom stereocenters. The molecule has 0 atom stereocenters. The van der Waals surface area contributed by atoms with Gasteiger partial charge in [0.15, 0.2) is 0 Å². The molecule has 1 aromatic carbocycles. The Morgan fingerprint density at radius 3 is 2.92 bits per heavy atom. The molecule has 5 heteroatoms. The number of benzene rings is 1. The van der Waals surface area contributed by atoms with E-state index >= 15 is 0 Å². The molecule has 0 bridgehead atoms. The predicted octanol–water partition coefficient (Wildman–Crippen LogP) is 1.58. The average molecular weight is 169 g/mol. The van der Waals surface area contributed by atoms with Gasteiger partial charge in [-0.3, -0.25) is 10.1 Å². The van der Waals surface area contributed by atoms with Crippen LogP contribution in [0.4, 0.5) is 15.8 Å². The lowest BCUT2D eigenvalue weighted by molar-refractivity contribution is -0.384. The maximum Gasteiger partial charge on any atom is 0.300 e. The Morgan fingerprint density at radius 1 is 1.75 bits per heavy atom. The number of hydrogen-bond acceptors (Lipinski definition) is 3. The van der Waals surface area contributed by atoms with Crippen LogP contribution in [-0.4, -0.2) is 12.0 Å². The minimum Gasteiger partial charge on any atom is -0.382 e. The maximum absolute atomic E-state index is 12.5. The predicted molar refractivity (Wildman–Crippen MR) is 41.4 cm³/mol. The Kier molecular flexibility index (Phi) is 2.23. The summed E-state index contributed by atoms with van der Waals surface area (Å²) in [6, 6.07) is 4.20. The van der Waals surface area contributed by atoms with Crippen molar-refractivity contribution in [2.45, 2.75) is 0 Å². The summed E-state index contributed by atoms with van der Waals surface area (Å²) in [5, 5.41) is 12.8. The van der Waals surface area contributed by atoms with Crippen LogP contribution in [0.5, 0.6) is 0 Å². The largest absolute Gasteiger partial charge is 0.382 e. The fraction of sp³-hybridized carbons (Fsp3) is 0.143. The van der Waals surface area contributed by atoms with E-state index in [1.165, 1.54) is 7.05 Å². The van der Waals surface area contributed by atoms with Gasteiger partial charge in [-0.1, -0.05) is 0 Å². The first kappa shape index (κ1) is 8.45. The van der Waals surface area contributed by atoms with E-state index in [9.17, 15) is 14.5 Å². The molecule has 1 rings (SSSR count). The van der Waals surface area contributed by atoms with Gasteiger partial charge in [0, 0.05) is 13.1 Å². The first-order chi connectivity index (χ1) is 5.65. The molecule has 0 saturated carbocycles. The van der Waals surface area contributed by atoms with E-state index < -0.39 is 10.7 Å². The van der Waals surface area contributed by atoms with Gasteiger partial charge in [0.1, 0.15) is 11.5 Å². The van der Waals surface area contributed by atoms with Gasteiger partial charge in [-0.2, -0.15) is 0 Å². The number of halogens is 1. The van der Waals surface area contributed by atoms with Gasteiger partial charge in [-0.15, -0.1) is 0 Å². The van der Waals surface area contributed by atoms with Crippen LogP contribution in [-0.2, 0) is 0 Å². The number of nitro benzene ring substituents is 1. The van der Waals surface area contributed by atoms with Crippen molar-refractivity contribution in [1.82, 2.24) is 0 Å². The van der Waals surface area contributed by atoms with Crippen molar-refractivity contribution in [3.8, 4) is 0 Å². The van der Waals surface area contributed by atoms with Gasteiger partial charge in [0.05, 0.1) is 11.0 Å². The topological polar surface area (TPSA) is 55.2 Å². The molecule has 1 radical (unpaired) electrons. The van der Waals surface area contributed by atoms with Crippen LogP contribution in [0, 0.1) is 22.0 Å². The Morgan fingerprint density at radius 2 is 2.42 bits per heavy atom. The standard InChI is InChI=1S/C7H6FN2O2/c1-9-6-4-5(8)2-3-7(6)10(11)12/h2,4,9H,1H3. The zero-order chi connectivity index (χ0) is 9.14. The van der Waals surface area contributed by atoms with Gasteiger partial charge in [0.25, 0.3) is 0 Å². The second kappa shape index (κ2) is 3.17. The summed E-state index contributed by atoms with van der Waals surface area (Å²) in [6.07, 6.45) is 0. The molecule has 4 nitrogen and oxygen atoms in total. The fourth-order valence-corrected chi connectivity index (χ4v) is 0.805. The summed E-state index contributed by atoms with van der Waals surface area (Å²) in [4.78, 5) is 9.68. The smallest absolute Gasteiger partial charge is 0.300 e. The van der Waals surface area contributed by atoms with Crippen molar-refractivity contribution in [2.24, 2.45) is 0 Å². The molecule has 0 fully saturated rings. The molecule has 63 valence electrons. The maximum atomic E-state index is 12.5. The van der Waals surface area contributed by atoms with Crippen LogP contribution >= 0.6 is 0 Å². The highest BCUT2D eigenvalue weighted by Crippen LogP contribution is 2.23. The molecule has 1 aromatic rings. The molecule has 0 aliphatic heterocycles. The van der Waals surface area contributed by atoms with Crippen molar-refractivity contribution < 1.29 is 9.31 Å². The van der Waals surface area contributed by atoms with E-state index in [4.69, 9.17) is 0 Å². The van der Waals surface area contributed by atoms with Crippen LogP contribution in [0.25, 0.3) is 0 Å². The lowest BCUT2D eigenvalue weighted by atomic mass is 10.2. The molecule has 0 aliphatic carbocycles. The highest BCUT2D eigenvalue weighted by atomic mass is 19.1. The van der Waals surface area contributed by atoms with Gasteiger partial charge < -0.3 is 5.32 Å². The Balaban J connectivity index is 3.20. The number of nitrogens with zero attached hydrogens (tertiary/aromatic N) is 1. The number of nitrogens with one attached hydrogen (secondary N) is 1. The van der Waals surface area contributed by atoms with Crippen molar-refractivity contribution in [2.75, 3.05) is 12.4 Å². The summed E-state index contributed by atoms with van der Waals surface area (Å²) >= 11 is 0. The summed E-state index contributed by atoms with van der Waals surface area (Å²) < 4.78 is 12.5. The fourth-order valence-electron chi connectivity index (χ4n) is 0.805. The monoisotopic (exact) mass is 169 g/mol. The first-order valence-electron chi connectivity index (χ1n) is 3.18. The molecule has 0 amide bonds. The third-order valence-corrected chi connectivity index (χ3v) is 1.34. The van der Waals surface area contributed by atoms with Crippen molar-refractivity contribution in [1.29, 1.82) is 0 Å². The molecule has 0 heterocycles. The molecule has 0 spiro atoms. The van der Waals surface area contributed by atoms with Crippen molar-refractivity contribution >= 4 is 11.4 Å². The summed E-state index contributed by atoms with van der Waals surface area (Å²) in [7, 11) is 1.48. The summed E-state index contributed by atoms with van der Waals surface area (Å²) in [5.41, 5.74) is -0.126. The molecule has 0 aliphatic rings. The number of hydrogen-bond donors (Lipinski definition) is 1. The molecule has 1 N–H and O–H groups in total. The van der Waals surface area contributed by atoms with Crippen LogP contribution in [0.3, 0.4) is 0 Å². The van der Waals surface area contributed by atoms with Crippen molar-refractivity contribution in [3.63, 3.8) is 0 Å². The minimum atomic E-state index is -0.620. The first-order valence-corrected chi connectivity index (χ1v) is 3.18. The van der Waals surface area contributed by atoms with E-state index in [1.54, 1.807) is 0 Å². The van der Waals surface area contributed by atoms with Gasteiger partial charge in [-0.05, 0) is 6.07 Å². The molecular weight excluding hydrogens is 163 g/mol. The summed E-state index contributed by atoms with van der Waals surface area (Å²) in [5.74, 6) is -0.551. The third-order valence-electron chi connectivity index (χ3n) is 1.34. The van der Waals surface area contributed by atoms with Gasteiger partial charge >= 0.3 is 5.69 Å². The molecule has 0 saturated heterocycles. The minimum absolute atomic E-state index is 0.125. The second-order valence-corrected chi connectivity index (χ2v) is 2.09. The van der Waals surface area contributed by atoms with E-state index in [0.717, 1.165) is 12.1 Å². The lowest BCUT2D eigenvalue weighted by Gasteiger charge is -1.99. The van der Waals surface area contributed by atoms with Gasteiger partial charge in [0.2, 0.25) is 0 Å². The van der Waals surface area contributed by atoms with Crippen molar-refractivity contribution in [3.05, 3.63) is 34.1 Å². The Labute approximate surface area is 68.2 Å². The van der Waals surface area contributed by atoms with E-state index in [0.29, 0.717) is 0 Å². The number of anilines is 1. The number of nitro groups is 1. The SMILES string of the molecule is CNc1cc(F)c[c]c1[N+](=O)[O-]. The van der Waals surface area contributed by atoms with Crippen LogP contribution in [0.1, 0.15) is 0 Å². The van der Waals surface area contributed by atoms with Gasteiger partial charge in [-0.25, -0.2) is 4.39 Å². The zero-order valence-corrected chi connectivity index (χ0v) is 6.30. The third kappa shape index (κ3) is 1.50. The average Bonchev–Trinajstić information content (AvgIpc) is 2.03. The molecule has 12 heavy (non-hydrogen) atoms. The highest BCUT2D eigenvalue weighted by Gasteiger charge is 2.12. The van der Waals surface area contributed by atoms with E-state index in [2.05, 4.69) is 11.4 Å². The van der Waals surface area contributed by atoms with E-state index in [1.807, 2.05) is 0 Å². The normalized spacial score (nSPS) is 9.50. The summed E-state index contributed by atoms with van der Waals surface area (Å²) in [6.45, 7) is 0. The zero-order valence-electron chi connectivity index (χ0n) is 6.30. The van der Waals surface area contributed by atoms with Crippen LogP contribution < -0.4 is 5.32 Å². The Hall–Kier alpha value is -1.65. The second-order valence-electron chi connectivity index (χ2n) is 2.09. The highest BCUT2D eigenvalue weighted by molar-refractivity contribution is 5.60. The van der Waals surface area contributed by atoms with E-state index in [-0.39, 0.29) is 11.4 Å². The lowest BCUT2D eigenvalue weighted by Crippen LogP contribution is -1.96. The quantitative estimate of drug-likeness (QED) is 0.540.